The first-order chi connectivity index (χ1) is 17.6. The average Bonchev–Trinajstić information content (AvgIpc) is 3.10. The number of hydrogen-bond donors (Lipinski definition) is 2. The molecule has 1 spiro atoms. The van der Waals surface area contributed by atoms with Gasteiger partial charge in [-0.2, -0.15) is 0 Å². The van der Waals surface area contributed by atoms with Gasteiger partial charge in [0.05, 0.1) is 12.0 Å². The number of fused-ring (bicyclic) bond motifs is 2. The molecule has 0 aromatic heterocycles. The lowest BCUT2D eigenvalue weighted by Crippen LogP contribution is -2.70. The van der Waals surface area contributed by atoms with Gasteiger partial charge in [0.1, 0.15) is 0 Å². The summed E-state index contributed by atoms with van der Waals surface area (Å²) in [5.74, 6) is -2.15. The smallest absolute Gasteiger partial charge is 0.335 e. The Hall–Kier alpha value is -2.53. The molecule has 10 nitrogen and oxygen atoms in total. The van der Waals surface area contributed by atoms with Gasteiger partial charge >= 0.3 is 11.9 Å². The number of carboxylic acids is 1. The van der Waals surface area contributed by atoms with Crippen molar-refractivity contribution in [1.82, 2.24) is 5.32 Å². The first kappa shape index (κ1) is 26.1. The predicted molar refractivity (Wildman–Crippen MR) is 127 cm³/mol. The van der Waals surface area contributed by atoms with Gasteiger partial charge in [0.15, 0.2) is 11.9 Å². The van der Waals surface area contributed by atoms with Crippen LogP contribution in [0, 0.1) is 23.7 Å². The minimum absolute atomic E-state index is 0.0327. The van der Waals surface area contributed by atoms with Crippen LogP contribution < -0.4 is 5.32 Å². The van der Waals surface area contributed by atoms with Crippen LogP contribution in [0.1, 0.15) is 75.2 Å². The van der Waals surface area contributed by atoms with Gasteiger partial charge in [-0.25, -0.2) is 14.6 Å². The maximum Gasteiger partial charge on any atom is 0.335 e. The molecule has 1 saturated carbocycles. The van der Waals surface area contributed by atoms with E-state index in [0.717, 1.165) is 24.8 Å². The van der Waals surface area contributed by atoms with Crippen molar-refractivity contribution in [2.45, 2.75) is 89.8 Å². The van der Waals surface area contributed by atoms with Crippen LogP contribution >= 0.6 is 0 Å². The quantitative estimate of drug-likeness (QED) is 0.412. The van der Waals surface area contributed by atoms with Gasteiger partial charge in [0.2, 0.25) is 18.0 Å². The predicted octanol–water partition coefficient (Wildman–Crippen LogP) is 3.53. The highest BCUT2D eigenvalue weighted by molar-refractivity contribution is 5.87. The summed E-state index contributed by atoms with van der Waals surface area (Å²) >= 11 is 0. The third-order valence-electron chi connectivity index (χ3n) is 8.59. The molecule has 4 aliphatic heterocycles. The topological polar surface area (TPSA) is 130 Å². The Labute approximate surface area is 215 Å². The number of carbonyl (C=O) groups excluding carboxylic acids is 2. The van der Waals surface area contributed by atoms with Gasteiger partial charge < -0.3 is 24.6 Å². The summed E-state index contributed by atoms with van der Waals surface area (Å²) in [6.07, 6.45) is 1.95. The van der Waals surface area contributed by atoms with E-state index in [-0.39, 0.29) is 48.6 Å². The lowest BCUT2D eigenvalue weighted by molar-refractivity contribution is -0.576. The molecule has 10 heteroatoms. The van der Waals surface area contributed by atoms with Crippen molar-refractivity contribution >= 4 is 17.8 Å². The van der Waals surface area contributed by atoms with E-state index in [1.165, 1.54) is 12.1 Å². The average molecular weight is 518 g/mol. The van der Waals surface area contributed by atoms with E-state index in [4.69, 9.17) is 29.1 Å². The number of hydrogen-bond acceptors (Lipinski definition) is 8. The van der Waals surface area contributed by atoms with Crippen molar-refractivity contribution in [2.24, 2.45) is 23.7 Å². The van der Waals surface area contributed by atoms with Crippen LogP contribution in [-0.2, 0) is 40.1 Å². The Kier molecular flexibility index (Phi) is 7.04. The van der Waals surface area contributed by atoms with Crippen LogP contribution in [0.5, 0.6) is 0 Å². The second-order valence-corrected chi connectivity index (χ2v) is 11.0. The van der Waals surface area contributed by atoms with Crippen LogP contribution in [0.15, 0.2) is 24.3 Å². The van der Waals surface area contributed by atoms with Crippen molar-refractivity contribution in [3.05, 3.63) is 35.4 Å². The van der Waals surface area contributed by atoms with Crippen LogP contribution in [-0.4, -0.2) is 46.9 Å². The monoisotopic (exact) mass is 517 g/mol. The van der Waals surface area contributed by atoms with Gasteiger partial charge in [0, 0.05) is 31.2 Å². The maximum absolute atomic E-state index is 12.7. The number of ether oxygens (including phenoxy) is 3. The lowest BCUT2D eigenvalue weighted by atomic mass is 9.58. The maximum atomic E-state index is 12.7. The molecule has 1 amide bonds. The lowest BCUT2D eigenvalue weighted by Gasteiger charge is -2.59. The van der Waals surface area contributed by atoms with Crippen LogP contribution in [0.3, 0.4) is 0 Å². The van der Waals surface area contributed by atoms with E-state index in [1.807, 2.05) is 13.8 Å². The Morgan fingerprint density at radius 2 is 1.81 bits per heavy atom. The summed E-state index contributed by atoms with van der Waals surface area (Å²) in [6, 6.07) is 6.24. The van der Waals surface area contributed by atoms with Gasteiger partial charge in [-0.3, -0.25) is 9.59 Å². The number of nitrogens with one attached hydrogen (secondary N) is 1. The number of benzene rings is 1. The summed E-state index contributed by atoms with van der Waals surface area (Å²) in [4.78, 5) is 47.8. The number of aromatic carboxylic acids is 1. The minimum atomic E-state index is -1.01. The number of amides is 1. The van der Waals surface area contributed by atoms with Crippen molar-refractivity contribution in [3.63, 3.8) is 0 Å². The number of carboxylic acid groups (broad SMARTS) is 1. The van der Waals surface area contributed by atoms with Crippen molar-refractivity contribution in [2.75, 3.05) is 0 Å². The summed E-state index contributed by atoms with van der Waals surface area (Å²) in [7, 11) is 0. The number of esters is 1. The third kappa shape index (κ3) is 4.87. The summed E-state index contributed by atoms with van der Waals surface area (Å²) in [5.41, 5.74) is 0.215. The molecule has 2 N–H and O–H groups in total. The Morgan fingerprint density at radius 3 is 2.54 bits per heavy atom. The molecule has 5 aliphatic rings. The largest absolute Gasteiger partial charge is 0.478 e. The molecule has 1 aromatic rings. The van der Waals surface area contributed by atoms with E-state index in [0.29, 0.717) is 12.3 Å². The molecule has 2 bridgehead atoms. The van der Waals surface area contributed by atoms with Crippen molar-refractivity contribution in [1.29, 1.82) is 0 Å². The molecule has 202 valence electrons. The fourth-order valence-electron chi connectivity index (χ4n) is 6.46. The third-order valence-corrected chi connectivity index (χ3v) is 8.59. The van der Waals surface area contributed by atoms with E-state index >= 15 is 0 Å². The minimum Gasteiger partial charge on any atom is -0.478 e. The van der Waals surface area contributed by atoms with Crippen molar-refractivity contribution in [3.8, 4) is 0 Å². The molecule has 37 heavy (non-hydrogen) atoms. The zero-order valence-electron chi connectivity index (χ0n) is 21.4. The molecular formula is C27H35NO9. The summed E-state index contributed by atoms with van der Waals surface area (Å²) in [5, 5.41) is 11.7. The standard InChI is InChI=1S/C27H35NO9/c1-15-4-9-20-16(2)24(34-25-27(20)19(15)12-13-26(3,35-25)36-37-27)33-22(30)11-10-21(29)28-14-17-5-7-18(8-6-17)23(31)32/h5-8,15-16,19-20,24-25H,4,9-14H2,1-3H3,(H,28,29)(H,31,32)/t15-,16-,19+,20+,24-,25-,26?,27?/m1/s1. The Morgan fingerprint density at radius 1 is 1.05 bits per heavy atom. The molecule has 1 aromatic carbocycles. The molecule has 1 aliphatic carbocycles. The van der Waals surface area contributed by atoms with Gasteiger partial charge in [-0.15, -0.1) is 0 Å². The van der Waals surface area contributed by atoms with Gasteiger partial charge in [-0.1, -0.05) is 26.0 Å². The van der Waals surface area contributed by atoms with Crippen LogP contribution in [0.2, 0.25) is 0 Å². The molecule has 4 saturated heterocycles. The molecule has 8 atom stereocenters. The normalized spacial score (nSPS) is 38.2. The van der Waals surface area contributed by atoms with E-state index in [1.54, 1.807) is 12.1 Å². The highest BCUT2D eigenvalue weighted by Crippen LogP contribution is 2.60. The van der Waals surface area contributed by atoms with E-state index < -0.39 is 35.9 Å². The molecule has 5 fully saturated rings. The first-order valence-electron chi connectivity index (χ1n) is 13.1. The highest BCUT2D eigenvalue weighted by atomic mass is 17.3. The van der Waals surface area contributed by atoms with E-state index in [2.05, 4.69) is 12.2 Å². The highest BCUT2D eigenvalue weighted by Gasteiger charge is 2.69. The number of carbonyl (C=O) groups is 3. The second-order valence-electron chi connectivity index (χ2n) is 11.0. The molecular weight excluding hydrogens is 482 g/mol. The zero-order chi connectivity index (χ0) is 26.4. The molecule has 6 rings (SSSR count). The van der Waals surface area contributed by atoms with Crippen molar-refractivity contribution < 1.29 is 43.5 Å². The Bertz CT molecular complexity index is 1040. The zero-order valence-corrected chi connectivity index (χ0v) is 21.4. The molecule has 0 radical (unpaired) electrons. The van der Waals surface area contributed by atoms with Crippen LogP contribution in [0.25, 0.3) is 0 Å². The second kappa shape index (κ2) is 9.98. The number of rotatable bonds is 7. The first-order valence-corrected chi connectivity index (χ1v) is 13.1. The molecule has 2 unspecified atom stereocenters. The van der Waals surface area contributed by atoms with Gasteiger partial charge in [-0.05, 0) is 55.7 Å². The van der Waals surface area contributed by atoms with Crippen LogP contribution in [0.4, 0.5) is 0 Å². The SMILES string of the molecule is C[C@H]1[C@H](OC(=O)CCC(=O)NCc2ccc(C(=O)O)cc2)O[C@@H]2OC3(C)CC[C@H]4[C@H](C)CC[C@@H]1C24OO3. The van der Waals surface area contributed by atoms with E-state index in [9.17, 15) is 14.4 Å². The van der Waals surface area contributed by atoms with Gasteiger partial charge in [0.25, 0.3) is 0 Å². The fourth-order valence-corrected chi connectivity index (χ4v) is 6.46. The Balaban J connectivity index is 1.16. The molecule has 4 heterocycles. The summed E-state index contributed by atoms with van der Waals surface area (Å²) < 4.78 is 18.3. The summed E-state index contributed by atoms with van der Waals surface area (Å²) in [6.45, 7) is 6.33. The fraction of sp³-hybridized carbons (Fsp3) is 0.667.